The van der Waals surface area contributed by atoms with Gasteiger partial charge in [-0.3, -0.25) is 0 Å². The lowest BCUT2D eigenvalue weighted by molar-refractivity contribution is 0.199. The Morgan fingerprint density at radius 2 is 1.95 bits per heavy atom. The zero-order chi connectivity index (χ0) is 14.1. The van der Waals surface area contributed by atoms with Crippen molar-refractivity contribution in [2.45, 2.75) is 25.9 Å². The number of hydrogen-bond donors (Lipinski definition) is 1. The fourth-order valence-corrected chi connectivity index (χ4v) is 2.89. The van der Waals surface area contributed by atoms with Crippen LogP contribution in [0.1, 0.15) is 30.6 Å². The summed E-state index contributed by atoms with van der Waals surface area (Å²) in [5, 5.41) is 9.91. The Labute approximate surface area is 118 Å². The molecule has 2 nitrogen and oxygen atoms in total. The Hall–Kier alpha value is -1.87. The van der Waals surface area contributed by atoms with Crippen LogP contribution >= 0.6 is 0 Å². The van der Waals surface area contributed by atoms with E-state index in [1.807, 2.05) is 12.1 Å². The highest BCUT2D eigenvalue weighted by Crippen LogP contribution is 2.37. The average Bonchev–Trinajstić information content (AvgIpc) is 2.46. The van der Waals surface area contributed by atoms with E-state index in [4.69, 9.17) is 0 Å². The molecular formula is C17H18FNO. The van der Waals surface area contributed by atoms with E-state index in [1.54, 1.807) is 13.0 Å². The number of hydrogen-bond acceptors (Lipinski definition) is 2. The van der Waals surface area contributed by atoms with Gasteiger partial charge >= 0.3 is 0 Å². The Bertz CT molecular complexity index is 624. The molecule has 0 aliphatic carbocycles. The Kier molecular flexibility index (Phi) is 3.45. The van der Waals surface area contributed by atoms with Gasteiger partial charge in [0.1, 0.15) is 5.82 Å². The van der Waals surface area contributed by atoms with E-state index < -0.39 is 6.10 Å². The summed E-state index contributed by atoms with van der Waals surface area (Å²) in [6.07, 6.45) is 1.45. The second-order valence-corrected chi connectivity index (χ2v) is 5.26. The highest BCUT2D eigenvalue weighted by atomic mass is 19.1. The van der Waals surface area contributed by atoms with Crippen LogP contribution in [0.25, 0.3) is 0 Å². The van der Waals surface area contributed by atoms with E-state index in [9.17, 15) is 9.50 Å². The summed E-state index contributed by atoms with van der Waals surface area (Å²) < 4.78 is 13.4. The second kappa shape index (κ2) is 5.25. The third kappa shape index (κ3) is 2.29. The molecule has 3 rings (SSSR count). The number of halogens is 1. The van der Waals surface area contributed by atoms with Gasteiger partial charge in [-0.05, 0) is 49.6 Å². The molecule has 1 aliphatic rings. The maximum atomic E-state index is 13.4. The molecule has 1 atom stereocenters. The van der Waals surface area contributed by atoms with Crippen molar-refractivity contribution < 1.29 is 9.50 Å². The first-order chi connectivity index (χ1) is 9.66. The molecule has 0 radical (unpaired) electrons. The molecule has 20 heavy (non-hydrogen) atoms. The van der Waals surface area contributed by atoms with E-state index in [1.165, 1.54) is 17.7 Å². The summed E-state index contributed by atoms with van der Waals surface area (Å²) in [6, 6.07) is 12.9. The fourth-order valence-electron chi connectivity index (χ4n) is 2.89. The largest absolute Gasteiger partial charge is 0.389 e. The van der Waals surface area contributed by atoms with Crippen LogP contribution < -0.4 is 4.90 Å². The van der Waals surface area contributed by atoms with Gasteiger partial charge in [0.05, 0.1) is 6.10 Å². The van der Waals surface area contributed by atoms with Crippen LogP contribution in [0, 0.1) is 5.82 Å². The summed E-state index contributed by atoms with van der Waals surface area (Å²) in [7, 11) is 0. The number of nitrogens with zero attached hydrogens (tertiary/aromatic N) is 1. The minimum absolute atomic E-state index is 0.310. The maximum Gasteiger partial charge on any atom is 0.123 e. The van der Waals surface area contributed by atoms with Crippen LogP contribution in [-0.2, 0) is 6.42 Å². The molecule has 0 aromatic heterocycles. The van der Waals surface area contributed by atoms with Gasteiger partial charge < -0.3 is 10.0 Å². The quantitative estimate of drug-likeness (QED) is 0.893. The van der Waals surface area contributed by atoms with Gasteiger partial charge in [-0.15, -0.1) is 0 Å². The molecule has 1 heterocycles. The van der Waals surface area contributed by atoms with Crippen molar-refractivity contribution in [2.24, 2.45) is 0 Å². The molecule has 3 heteroatoms. The first kappa shape index (κ1) is 13.1. The monoisotopic (exact) mass is 271 g/mol. The van der Waals surface area contributed by atoms with Crippen LogP contribution in [0.5, 0.6) is 0 Å². The summed E-state index contributed by atoms with van der Waals surface area (Å²) in [4.78, 5) is 2.18. The zero-order valence-electron chi connectivity index (χ0n) is 11.5. The summed E-state index contributed by atoms with van der Waals surface area (Å²) in [5.74, 6) is -0.310. The first-order valence-corrected chi connectivity index (χ1v) is 7.00. The van der Waals surface area contributed by atoms with Gasteiger partial charge in [0.2, 0.25) is 0 Å². The van der Waals surface area contributed by atoms with E-state index >= 15 is 0 Å². The first-order valence-electron chi connectivity index (χ1n) is 7.00. The lowest BCUT2D eigenvalue weighted by Gasteiger charge is -2.33. The number of benzene rings is 2. The average molecular weight is 271 g/mol. The van der Waals surface area contributed by atoms with Crippen molar-refractivity contribution in [3.63, 3.8) is 0 Å². The van der Waals surface area contributed by atoms with E-state index in [0.29, 0.717) is 5.56 Å². The van der Waals surface area contributed by atoms with Gasteiger partial charge in [0.25, 0.3) is 0 Å². The molecule has 1 aliphatic heterocycles. The molecule has 0 bridgehead atoms. The van der Waals surface area contributed by atoms with Gasteiger partial charge in [0, 0.05) is 23.5 Å². The lowest BCUT2D eigenvalue weighted by atomic mass is 9.99. The Balaban J connectivity index is 2.11. The van der Waals surface area contributed by atoms with Gasteiger partial charge in [-0.2, -0.15) is 0 Å². The summed E-state index contributed by atoms with van der Waals surface area (Å²) >= 11 is 0. The predicted molar refractivity (Wildman–Crippen MR) is 78.8 cm³/mol. The molecule has 0 spiro atoms. The van der Waals surface area contributed by atoms with Crippen LogP contribution in [0.15, 0.2) is 42.5 Å². The van der Waals surface area contributed by atoms with Crippen molar-refractivity contribution in [3.05, 3.63) is 59.4 Å². The number of aliphatic hydroxyl groups excluding tert-OH is 1. The molecule has 2 aromatic rings. The highest BCUT2D eigenvalue weighted by molar-refractivity contribution is 5.70. The Morgan fingerprint density at radius 1 is 1.15 bits per heavy atom. The highest BCUT2D eigenvalue weighted by Gasteiger charge is 2.21. The smallest absolute Gasteiger partial charge is 0.123 e. The Morgan fingerprint density at radius 3 is 2.75 bits per heavy atom. The van der Waals surface area contributed by atoms with Gasteiger partial charge in [0.15, 0.2) is 0 Å². The molecular weight excluding hydrogens is 253 g/mol. The van der Waals surface area contributed by atoms with Crippen LogP contribution in [0.3, 0.4) is 0 Å². The molecule has 0 fully saturated rings. The summed E-state index contributed by atoms with van der Waals surface area (Å²) in [6.45, 7) is 2.57. The van der Waals surface area contributed by atoms with Crippen molar-refractivity contribution >= 4 is 11.4 Å². The van der Waals surface area contributed by atoms with Crippen LogP contribution in [0.4, 0.5) is 15.8 Å². The number of aliphatic hydroxyl groups is 1. The van der Waals surface area contributed by atoms with Gasteiger partial charge in [-0.25, -0.2) is 4.39 Å². The lowest BCUT2D eigenvalue weighted by Crippen LogP contribution is -2.25. The maximum absolute atomic E-state index is 13.4. The van der Waals surface area contributed by atoms with Crippen LogP contribution in [0.2, 0.25) is 0 Å². The number of para-hydroxylation sites is 1. The zero-order valence-corrected chi connectivity index (χ0v) is 11.5. The SMILES string of the molecule is C[C@H](O)c1cc(F)ccc1N1CCCc2ccccc21. The van der Waals surface area contributed by atoms with E-state index in [-0.39, 0.29) is 5.82 Å². The fraction of sp³-hybridized carbons (Fsp3) is 0.294. The third-order valence-electron chi connectivity index (χ3n) is 3.84. The molecule has 1 N–H and O–H groups in total. The van der Waals surface area contributed by atoms with Crippen LogP contribution in [-0.4, -0.2) is 11.7 Å². The third-order valence-corrected chi connectivity index (χ3v) is 3.84. The van der Waals surface area contributed by atoms with Crippen molar-refractivity contribution in [1.29, 1.82) is 0 Å². The predicted octanol–water partition coefficient (Wildman–Crippen LogP) is 3.96. The van der Waals surface area contributed by atoms with Gasteiger partial charge in [-0.1, -0.05) is 18.2 Å². The number of anilines is 2. The van der Waals surface area contributed by atoms with E-state index in [2.05, 4.69) is 17.0 Å². The minimum Gasteiger partial charge on any atom is -0.389 e. The normalized spacial score (nSPS) is 15.8. The van der Waals surface area contributed by atoms with Crippen molar-refractivity contribution in [2.75, 3.05) is 11.4 Å². The number of aryl methyl sites for hydroxylation is 1. The summed E-state index contributed by atoms with van der Waals surface area (Å²) in [5.41, 5.74) is 4.00. The van der Waals surface area contributed by atoms with Crippen molar-refractivity contribution in [1.82, 2.24) is 0 Å². The molecule has 2 aromatic carbocycles. The standard InChI is InChI=1S/C17H18FNO/c1-12(20)15-11-14(18)8-9-17(15)19-10-4-6-13-5-2-3-7-16(13)19/h2-3,5,7-9,11-12,20H,4,6,10H2,1H3/t12-/m0/s1. The topological polar surface area (TPSA) is 23.5 Å². The molecule has 0 saturated carbocycles. The van der Waals surface area contributed by atoms with E-state index in [0.717, 1.165) is 30.8 Å². The second-order valence-electron chi connectivity index (χ2n) is 5.26. The minimum atomic E-state index is -0.685. The molecule has 0 unspecified atom stereocenters. The van der Waals surface area contributed by atoms with Crippen molar-refractivity contribution in [3.8, 4) is 0 Å². The number of fused-ring (bicyclic) bond motifs is 1. The molecule has 104 valence electrons. The molecule has 0 amide bonds. The molecule has 0 saturated heterocycles. The number of rotatable bonds is 2.